The lowest BCUT2D eigenvalue weighted by molar-refractivity contribution is -0.114. The van der Waals surface area contributed by atoms with Crippen LogP contribution >= 0.6 is 0 Å². The van der Waals surface area contributed by atoms with E-state index in [-0.39, 0.29) is 11.8 Å². The number of hydrogen-bond donors (Lipinski definition) is 2. The highest BCUT2D eigenvalue weighted by Crippen LogP contribution is 2.19. The minimum atomic E-state index is -0.172. The van der Waals surface area contributed by atoms with Gasteiger partial charge in [0.1, 0.15) is 5.75 Å². The summed E-state index contributed by atoms with van der Waals surface area (Å²) in [5.74, 6) is 0.482. The Labute approximate surface area is 142 Å². The Kier molecular flexibility index (Phi) is 5.95. The second-order valence-electron chi connectivity index (χ2n) is 5.58. The Hall–Kier alpha value is -2.82. The van der Waals surface area contributed by atoms with Gasteiger partial charge in [-0.1, -0.05) is 23.8 Å². The number of rotatable bonds is 6. The second kappa shape index (κ2) is 8.15. The third kappa shape index (κ3) is 4.84. The highest BCUT2D eigenvalue weighted by molar-refractivity contribution is 5.96. The number of hydrogen-bond acceptors (Lipinski definition) is 3. The van der Waals surface area contributed by atoms with Gasteiger partial charge in [-0.15, -0.1) is 0 Å². The van der Waals surface area contributed by atoms with E-state index in [4.69, 9.17) is 4.74 Å². The van der Waals surface area contributed by atoms with Crippen LogP contribution in [0.5, 0.6) is 5.75 Å². The average Bonchev–Trinajstić information content (AvgIpc) is 2.54. The van der Waals surface area contributed by atoms with Crippen LogP contribution in [0.2, 0.25) is 0 Å². The van der Waals surface area contributed by atoms with Crippen LogP contribution in [0.1, 0.15) is 28.4 Å². The first kappa shape index (κ1) is 17.5. The summed E-state index contributed by atoms with van der Waals surface area (Å²) in [6.45, 7) is 3.96. The van der Waals surface area contributed by atoms with Gasteiger partial charge >= 0.3 is 0 Å². The minimum absolute atomic E-state index is 0.167. The Bertz CT molecular complexity index is 741. The van der Waals surface area contributed by atoms with Gasteiger partial charge in [-0.2, -0.15) is 0 Å². The molecule has 2 aromatic carbocycles. The van der Waals surface area contributed by atoms with Crippen molar-refractivity contribution >= 4 is 17.5 Å². The number of benzene rings is 2. The first-order valence-corrected chi connectivity index (χ1v) is 7.79. The van der Waals surface area contributed by atoms with Gasteiger partial charge in [0, 0.05) is 24.7 Å². The lowest BCUT2D eigenvalue weighted by Gasteiger charge is -2.11. The largest absolute Gasteiger partial charge is 0.496 e. The smallest absolute Gasteiger partial charge is 0.251 e. The molecule has 0 unspecified atom stereocenters. The van der Waals surface area contributed by atoms with E-state index in [1.54, 1.807) is 31.4 Å². The van der Waals surface area contributed by atoms with Crippen molar-refractivity contribution in [2.75, 3.05) is 19.0 Å². The Morgan fingerprint density at radius 2 is 1.92 bits per heavy atom. The molecule has 24 heavy (non-hydrogen) atoms. The van der Waals surface area contributed by atoms with Gasteiger partial charge in [0.15, 0.2) is 0 Å². The number of methoxy groups -OCH3 is 1. The van der Waals surface area contributed by atoms with Crippen LogP contribution in [-0.2, 0) is 11.2 Å². The molecule has 0 saturated heterocycles. The summed E-state index contributed by atoms with van der Waals surface area (Å²) in [5, 5.41) is 5.56. The zero-order valence-corrected chi connectivity index (χ0v) is 14.2. The fourth-order valence-electron chi connectivity index (χ4n) is 2.46. The summed E-state index contributed by atoms with van der Waals surface area (Å²) in [6, 6.07) is 12.8. The van der Waals surface area contributed by atoms with Gasteiger partial charge in [-0.25, -0.2) is 0 Å². The number of carbonyl (C=O) groups is 2. The van der Waals surface area contributed by atoms with E-state index in [1.807, 2.05) is 19.1 Å². The van der Waals surface area contributed by atoms with Crippen LogP contribution in [0.15, 0.2) is 42.5 Å². The maximum atomic E-state index is 12.2. The molecule has 5 nitrogen and oxygen atoms in total. The van der Waals surface area contributed by atoms with Crippen molar-refractivity contribution in [2.24, 2.45) is 0 Å². The molecular weight excluding hydrogens is 304 g/mol. The average molecular weight is 326 g/mol. The molecular formula is C19H22N2O3. The topological polar surface area (TPSA) is 67.4 Å². The molecule has 0 saturated carbocycles. The molecule has 0 spiro atoms. The van der Waals surface area contributed by atoms with Crippen molar-refractivity contribution in [3.05, 3.63) is 59.2 Å². The van der Waals surface area contributed by atoms with E-state index < -0.39 is 0 Å². The van der Waals surface area contributed by atoms with E-state index >= 15 is 0 Å². The number of nitrogens with one attached hydrogen (secondary N) is 2. The maximum Gasteiger partial charge on any atom is 0.251 e. The van der Waals surface area contributed by atoms with E-state index in [0.717, 1.165) is 16.9 Å². The normalized spacial score (nSPS) is 10.1. The van der Waals surface area contributed by atoms with Crippen molar-refractivity contribution in [3.8, 4) is 5.75 Å². The second-order valence-corrected chi connectivity index (χ2v) is 5.58. The first-order chi connectivity index (χ1) is 11.5. The van der Waals surface area contributed by atoms with E-state index in [2.05, 4.69) is 16.7 Å². The molecule has 0 fully saturated rings. The number of aryl methyl sites for hydroxylation is 1. The molecule has 0 aliphatic carbocycles. The lowest BCUT2D eigenvalue weighted by atomic mass is 10.1. The van der Waals surface area contributed by atoms with Gasteiger partial charge < -0.3 is 15.4 Å². The fraction of sp³-hybridized carbons (Fsp3) is 0.263. The standard InChI is InChI=1S/C19H22N2O3/c1-13-7-8-18(24-3)15(11-13)9-10-20-19(23)16-5-4-6-17(12-16)21-14(2)22/h4-8,11-12H,9-10H2,1-3H3,(H,20,23)(H,21,22). The Morgan fingerprint density at radius 3 is 2.62 bits per heavy atom. The minimum Gasteiger partial charge on any atom is -0.496 e. The highest BCUT2D eigenvalue weighted by atomic mass is 16.5. The maximum absolute atomic E-state index is 12.2. The van der Waals surface area contributed by atoms with Crippen LogP contribution < -0.4 is 15.4 Å². The van der Waals surface area contributed by atoms with E-state index in [9.17, 15) is 9.59 Å². The third-order valence-corrected chi connectivity index (χ3v) is 3.56. The Morgan fingerprint density at radius 1 is 1.12 bits per heavy atom. The first-order valence-electron chi connectivity index (χ1n) is 7.79. The van der Waals surface area contributed by atoms with Crippen molar-refractivity contribution in [3.63, 3.8) is 0 Å². The lowest BCUT2D eigenvalue weighted by Crippen LogP contribution is -2.26. The van der Waals surface area contributed by atoms with E-state index in [1.165, 1.54) is 6.92 Å². The van der Waals surface area contributed by atoms with Crippen LogP contribution in [-0.4, -0.2) is 25.5 Å². The summed E-state index contributed by atoms with van der Waals surface area (Å²) in [6.07, 6.45) is 0.683. The quantitative estimate of drug-likeness (QED) is 0.857. The molecule has 2 rings (SSSR count). The zero-order chi connectivity index (χ0) is 17.5. The monoisotopic (exact) mass is 326 g/mol. The molecule has 2 amide bonds. The molecule has 0 aromatic heterocycles. The molecule has 0 atom stereocenters. The van der Waals surface area contributed by atoms with E-state index in [0.29, 0.717) is 24.2 Å². The molecule has 0 heterocycles. The Balaban J connectivity index is 1.96. The predicted molar refractivity (Wildman–Crippen MR) is 94.5 cm³/mol. The molecule has 0 aliphatic heterocycles. The summed E-state index contributed by atoms with van der Waals surface area (Å²) in [7, 11) is 1.64. The summed E-state index contributed by atoms with van der Waals surface area (Å²) < 4.78 is 5.34. The number of anilines is 1. The SMILES string of the molecule is COc1ccc(C)cc1CCNC(=O)c1cccc(NC(C)=O)c1. The van der Waals surface area contributed by atoms with Gasteiger partial charge in [0.2, 0.25) is 5.91 Å². The number of ether oxygens (including phenoxy) is 1. The van der Waals surface area contributed by atoms with Crippen LogP contribution in [0.3, 0.4) is 0 Å². The zero-order valence-electron chi connectivity index (χ0n) is 14.2. The van der Waals surface area contributed by atoms with Crippen molar-refractivity contribution in [1.82, 2.24) is 5.32 Å². The molecule has 2 N–H and O–H groups in total. The molecule has 0 aliphatic rings. The van der Waals surface area contributed by atoms with Gasteiger partial charge in [0.25, 0.3) is 5.91 Å². The van der Waals surface area contributed by atoms with Crippen LogP contribution in [0, 0.1) is 6.92 Å². The number of amides is 2. The van der Waals surface area contributed by atoms with Crippen molar-refractivity contribution < 1.29 is 14.3 Å². The van der Waals surface area contributed by atoms with Gasteiger partial charge in [-0.05, 0) is 43.2 Å². The predicted octanol–water partition coefficient (Wildman–Crippen LogP) is 2.93. The number of carbonyl (C=O) groups excluding carboxylic acids is 2. The van der Waals surface area contributed by atoms with Crippen molar-refractivity contribution in [2.45, 2.75) is 20.3 Å². The summed E-state index contributed by atoms with van der Waals surface area (Å²) in [4.78, 5) is 23.3. The summed E-state index contributed by atoms with van der Waals surface area (Å²) >= 11 is 0. The highest BCUT2D eigenvalue weighted by Gasteiger charge is 2.08. The van der Waals surface area contributed by atoms with Crippen LogP contribution in [0.4, 0.5) is 5.69 Å². The third-order valence-electron chi connectivity index (χ3n) is 3.56. The van der Waals surface area contributed by atoms with Crippen molar-refractivity contribution in [1.29, 1.82) is 0 Å². The molecule has 0 radical (unpaired) electrons. The molecule has 126 valence electrons. The van der Waals surface area contributed by atoms with Crippen LogP contribution in [0.25, 0.3) is 0 Å². The molecule has 0 bridgehead atoms. The van der Waals surface area contributed by atoms with Gasteiger partial charge in [-0.3, -0.25) is 9.59 Å². The van der Waals surface area contributed by atoms with Gasteiger partial charge in [0.05, 0.1) is 7.11 Å². The molecule has 2 aromatic rings. The molecule has 5 heteroatoms. The summed E-state index contributed by atoms with van der Waals surface area (Å²) in [5.41, 5.74) is 3.33. The fourth-order valence-corrected chi connectivity index (χ4v) is 2.46.